The van der Waals surface area contributed by atoms with E-state index in [4.69, 9.17) is 4.74 Å². The summed E-state index contributed by atoms with van der Waals surface area (Å²) in [6, 6.07) is 0. The summed E-state index contributed by atoms with van der Waals surface area (Å²) < 4.78 is 6.47. The highest BCUT2D eigenvalue weighted by Gasteiger charge is 2.05. The third-order valence-corrected chi connectivity index (χ3v) is 1.48. The molecule has 0 saturated carbocycles. The summed E-state index contributed by atoms with van der Waals surface area (Å²) in [6.45, 7) is 0. The molecule has 0 N–H and O–H groups in total. The van der Waals surface area contributed by atoms with E-state index in [9.17, 15) is 10.1 Å². The Morgan fingerprint density at radius 2 is 2.46 bits per heavy atom. The topological polar surface area (TPSA) is 70.2 Å². The minimum Gasteiger partial charge on any atom is -0.481 e. The predicted molar refractivity (Wildman–Crippen MR) is 45.8 cm³/mol. The molecule has 1 aromatic heterocycles. The van der Waals surface area contributed by atoms with Crippen molar-refractivity contribution in [1.82, 2.24) is 9.78 Å². The number of nitrogens with zero attached hydrogens (tertiary/aromatic N) is 3. The quantitative estimate of drug-likeness (QED) is 0.510. The zero-order valence-electron chi connectivity index (χ0n) is 7.30. The van der Waals surface area contributed by atoms with E-state index in [1.165, 1.54) is 24.1 Å². The van der Waals surface area contributed by atoms with Gasteiger partial charge in [-0.2, -0.15) is 5.10 Å². The van der Waals surface area contributed by atoms with Crippen molar-refractivity contribution in [2.75, 3.05) is 7.11 Å². The first-order valence-electron chi connectivity index (χ1n) is 3.53. The second-order valence-corrected chi connectivity index (χ2v) is 2.33. The van der Waals surface area contributed by atoms with Crippen LogP contribution in [-0.2, 0) is 7.05 Å². The highest BCUT2D eigenvalue weighted by Crippen LogP contribution is 2.17. The lowest BCUT2D eigenvalue weighted by Crippen LogP contribution is -1.95. The summed E-state index contributed by atoms with van der Waals surface area (Å²) in [6.07, 6.45) is 3.68. The minimum absolute atomic E-state index is 0.498. The Morgan fingerprint density at radius 1 is 1.77 bits per heavy atom. The van der Waals surface area contributed by atoms with E-state index < -0.39 is 4.92 Å². The van der Waals surface area contributed by atoms with Gasteiger partial charge >= 0.3 is 0 Å². The lowest BCUT2D eigenvalue weighted by atomic mass is 10.3. The zero-order chi connectivity index (χ0) is 9.84. The molecule has 1 rings (SSSR count). The first-order valence-corrected chi connectivity index (χ1v) is 3.53. The van der Waals surface area contributed by atoms with Crippen LogP contribution in [0, 0.1) is 10.1 Å². The molecule has 13 heavy (non-hydrogen) atoms. The van der Waals surface area contributed by atoms with Gasteiger partial charge in [0.25, 0.3) is 0 Å². The van der Waals surface area contributed by atoms with Crippen LogP contribution in [-0.4, -0.2) is 21.8 Å². The molecule has 0 spiro atoms. The Hall–Kier alpha value is -1.85. The van der Waals surface area contributed by atoms with Crippen molar-refractivity contribution in [3.8, 4) is 5.88 Å². The first-order chi connectivity index (χ1) is 6.15. The summed E-state index contributed by atoms with van der Waals surface area (Å²) in [5.41, 5.74) is 0.585. The molecule has 6 nitrogen and oxygen atoms in total. The molecule has 6 heteroatoms. The van der Waals surface area contributed by atoms with Crippen LogP contribution in [0.15, 0.2) is 12.4 Å². The number of ether oxygens (including phenoxy) is 1. The summed E-state index contributed by atoms with van der Waals surface area (Å²) >= 11 is 0. The normalized spacial score (nSPS) is 10.6. The summed E-state index contributed by atoms with van der Waals surface area (Å²) in [7, 11) is 3.18. The van der Waals surface area contributed by atoms with Crippen LogP contribution in [0.5, 0.6) is 5.88 Å². The first kappa shape index (κ1) is 9.24. The fourth-order valence-corrected chi connectivity index (χ4v) is 0.949. The van der Waals surface area contributed by atoms with Crippen molar-refractivity contribution < 1.29 is 9.66 Å². The Kier molecular flexibility index (Phi) is 2.63. The van der Waals surface area contributed by atoms with E-state index in [2.05, 4.69) is 5.10 Å². The van der Waals surface area contributed by atoms with E-state index in [0.717, 1.165) is 6.20 Å². The molecule has 0 fully saturated rings. The van der Waals surface area contributed by atoms with Gasteiger partial charge in [0.1, 0.15) is 0 Å². The van der Waals surface area contributed by atoms with Gasteiger partial charge in [-0.3, -0.25) is 10.1 Å². The SMILES string of the molecule is COc1c(/C=C/[N+](=O)[O-])cnn1C. The summed E-state index contributed by atoms with van der Waals surface area (Å²) in [5.74, 6) is 0.498. The van der Waals surface area contributed by atoms with Crippen molar-refractivity contribution >= 4 is 6.08 Å². The third kappa shape index (κ3) is 2.05. The van der Waals surface area contributed by atoms with Crippen LogP contribution >= 0.6 is 0 Å². The molecule has 0 radical (unpaired) electrons. The minimum atomic E-state index is -0.535. The second kappa shape index (κ2) is 3.70. The van der Waals surface area contributed by atoms with Crippen LogP contribution in [0.1, 0.15) is 5.56 Å². The highest BCUT2D eigenvalue weighted by molar-refractivity contribution is 5.52. The molecular weight excluding hydrogens is 174 g/mol. The van der Waals surface area contributed by atoms with E-state index in [-0.39, 0.29) is 0 Å². The van der Waals surface area contributed by atoms with Crippen molar-refractivity contribution in [1.29, 1.82) is 0 Å². The lowest BCUT2D eigenvalue weighted by Gasteiger charge is -1.99. The summed E-state index contributed by atoms with van der Waals surface area (Å²) in [5, 5.41) is 13.9. The Morgan fingerprint density at radius 3 is 3.00 bits per heavy atom. The number of methoxy groups -OCH3 is 1. The van der Waals surface area contributed by atoms with Crippen LogP contribution in [0.4, 0.5) is 0 Å². The lowest BCUT2D eigenvalue weighted by molar-refractivity contribution is -0.400. The molecular formula is C7H9N3O3. The van der Waals surface area contributed by atoms with Crippen molar-refractivity contribution in [3.05, 3.63) is 28.1 Å². The summed E-state index contributed by atoms with van der Waals surface area (Å²) in [4.78, 5) is 9.49. The van der Waals surface area contributed by atoms with Gasteiger partial charge in [0.15, 0.2) is 0 Å². The molecule has 0 atom stereocenters. The Balaban J connectivity index is 2.94. The van der Waals surface area contributed by atoms with Crippen LogP contribution in [0.25, 0.3) is 6.08 Å². The van der Waals surface area contributed by atoms with Gasteiger partial charge < -0.3 is 4.74 Å². The van der Waals surface area contributed by atoms with Gasteiger partial charge in [0.05, 0.1) is 23.8 Å². The standard InChI is InChI=1S/C7H9N3O3/c1-9-7(13-2)6(5-8-9)3-4-10(11)12/h3-5H,1-2H3/b4-3+. The number of hydrogen-bond acceptors (Lipinski definition) is 4. The Bertz CT molecular complexity index is 343. The molecule has 0 aromatic carbocycles. The number of aromatic nitrogens is 2. The van der Waals surface area contributed by atoms with Crippen LogP contribution in [0.3, 0.4) is 0 Å². The average Bonchev–Trinajstić information content (AvgIpc) is 2.42. The van der Waals surface area contributed by atoms with Gasteiger partial charge in [-0.1, -0.05) is 0 Å². The van der Waals surface area contributed by atoms with Crippen molar-refractivity contribution in [3.63, 3.8) is 0 Å². The van der Waals surface area contributed by atoms with Gasteiger partial charge in [-0.15, -0.1) is 0 Å². The molecule has 0 bridgehead atoms. The van der Waals surface area contributed by atoms with Crippen molar-refractivity contribution in [2.45, 2.75) is 0 Å². The molecule has 0 unspecified atom stereocenters. The van der Waals surface area contributed by atoms with Gasteiger partial charge in [0.2, 0.25) is 12.1 Å². The van der Waals surface area contributed by atoms with Crippen LogP contribution in [0.2, 0.25) is 0 Å². The monoisotopic (exact) mass is 183 g/mol. The maximum absolute atomic E-state index is 10.0. The molecule has 0 aliphatic carbocycles. The average molecular weight is 183 g/mol. The number of rotatable bonds is 3. The number of nitro groups is 1. The molecule has 0 amide bonds. The molecule has 0 aliphatic rings. The number of hydrogen-bond donors (Lipinski definition) is 0. The highest BCUT2D eigenvalue weighted by atomic mass is 16.6. The maximum Gasteiger partial charge on any atom is 0.235 e. The molecule has 0 aliphatic heterocycles. The van der Waals surface area contributed by atoms with E-state index >= 15 is 0 Å². The van der Waals surface area contributed by atoms with Crippen molar-refractivity contribution in [2.24, 2.45) is 7.05 Å². The molecule has 1 heterocycles. The number of aryl methyl sites for hydroxylation is 1. The smallest absolute Gasteiger partial charge is 0.235 e. The molecule has 70 valence electrons. The zero-order valence-corrected chi connectivity index (χ0v) is 7.30. The predicted octanol–water partition coefficient (Wildman–Crippen LogP) is 0.676. The molecule has 1 aromatic rings. The van der Waals surface area contributed by atoms with E-state index in [1.807, 2.05) is 0 Å². The van der Waals surface area contributed by atoms with Gasteiger partial charge in [0, 0.05) is 13.1 Å². The Labute approximate surface area is 74.6 Å². The second-order valence-electron chi connectivity index (χ2n) is 2.33. The molecule has 0 saturated heterocycles. The van der Waals surface area contributed by atoms with E-state index in [1.54, 1.807) is 7.05 Å². The largest absolute Gasteiger partial charge is 0.481 e. The fourth-order valence-electron chi connectivity index (χ4n) is 0.949. The maximum atomic E-state index is 10.0. The van der Waals surface area contributed by atoms with E-state index in [0.29, 0.717) is 11.4 Å². The van der Waals surface area contributed by atoms with Crippen LogP contribution < -0.4 is 4.74 Å². The third-order valence-electron chi connectivity index (χ3n) is 1.48. The van der Waals surface area contributed by atoms with Gasteiger partial charge in [-0.05, 0) is 0 Å². The van der Waals surface area contributed by atoms with Gasteiger partial charge in [-0.25, -0.2) is 4.68 Å². The fraction of sp³-hybridized carbons (Fsp3) is 0.286.